The topological polar surface area (TPSA) is 118 Å². The van der Waals surface area contributed by atoms with Gasteiger partial charge in [0, 0.05) is 30.3 Å². The van der Waals surface area contributed by atoms with Gasteiger partial charge in [0.05, 0.1) is 13.7 Å². The Morgan fingerprint density at radius 2 is 1.85 bits per heavy atom. The summed E-state index contributed by atoms with van der Waals surface area (Å²) in [5, 5.41) is 7.05. The summed E-state index contributed by atoms with van der Waals surface area (Å²) in [5.74, 6) is 1.12. The van der Waals surface area contributed by atoms with Crippen molar-refractivity contribution in [1.29, 1.82) is 0 Å². The summed E-state index contributed by atoms with van der Waals surface area (Å²) in [6.45, 7) is 4.99. The van der Waals surface area contributed by atoms with E-state index < -0.39 is 10.0 Å². The van der Waals surface area contributed by atoms with Crippen molar-refractivity contribution in [1.82, 2.24) is 19.3 Å². The Bertz CT molecular complexity index is 1410. The van der Waals surface area contributed by atoms with Crippen LogP contribution in [-0.4, -0.2) is 67.0 Å². The lowest BCUT2D eigenvalue weighted by Gasteiger charge is -2.30. The highest BCUT2D eigenvalue weighted by Gasteiger charge is 2.30. The molecule has 3 heterocycles. The molecule has 208 valence electrons. The van der Waals surface area contributed by atoms with Gasteiger partial charge >= 0.3 is 0 Å². The predicted molar refractivity (Wildman–Crippen MR) is 147 cm³/mol. The number of benzene rings is 2. The third kappa shape index (κ3) is 6.32. The first-order valence-electron chi connectivity index (χ1n) is 13.4. The molecule has 3 aromatic rings. The van der Waals surface area contributed by atoms with E-state index in [1.54, 1.807) is 12.1 Å². The van der Waals surface area contributed by atoms with E-state index in [1.807, 2.05) is 31.2 Å². The number of methoxy groups -OCH3 is 1. The fraction of sp³-hybridized carbons (Fsp3) is 0.464. The van der Waals surface area contributed by atoms with Crippen LogP contribution in [0.5, 0.6) is 5.75 Å². The van der Waals surface area contributed by atoms with Crippen LogP contribution in [0.25, 0.3) is 11.4 Å². The molecular formula is C28H35N5O5S. The lowest BCUT2D eigenvalue weighted by Crippen LogP contribution is -2.38. The quantitative estimate of drug-likeness (QED) is 0.443. The minimum atomic E-state index is -3.71. The van der Waals surface area contributed by atoms with Gasteiger partial charge in [-0.25, -0.2) is 8.42 Å². The number of rotatable bonds is 8. The number of hydrogen-bond acceptors (Lipinski definition) is 8. The van der Waals surface area contributed by atoms with E-state index in [2.05, 4.69) is 20.4 Å². The number of likely N-dealkylation sites (tertiary alicyclic amines) is 1. The number of nitrogens with zero attached hydrogens (tertiary/aromatic N) is 4. The molecule has 2 aromatic carbocycles. The van der Waals surface area contributed by atoms with Gasteiger partial charge in [-0.15, -0.1) is 0 Å². The largest absolute Gasteiger partial charge is 0.495 e. The maximum atomic E-state index is 13.3. The molecule has 1 N–H and O–H groups in total. The van der Waals surface area contributed by atoms with Crippen LogP contribution >= 0.6 is 0 Å². The highest BCUT2D eigenvalue weighted by molar-refractivity contribution is 7.89. The van der Waals surface area contributed by atoms with Crippen molar-refractivity contribution in [2.45, 2.75) is 50.5 Å². The molecule has 0 radical (unpaired) electrons. The Kier molecular flexibility index (Phi) is 8.29. The van der Waals surface area contributed by atoms with Gasteiger partial charge in [0.25, 0.3) is 0 Å². The molecule has 0 bridgehead atoms. The van der Waals surface area contributed by atoms with E-state index in [9.17, 15) is 13.2 Å². The third-order valence-corrected chi connectivity index (χ3v) is 9.35. The Labute approximate surface area is 229 Å². The maximum Gasteiger partial charge on any atom is 0.246 e. The number of carbonyl (C=O) groups is 1. The number of sulfonamides is 1. The first kappa shape index (κ1) is 27.3. The van der Waals surface area contributed by atoms with Crippen LogP contribution < -0.4 is 10.1 Å². The first-order chi connectivity index (χ1) is 18.8. The monoisotopic (exact) mass is 553 g/mol. The summed E-state index contributed by atoms with van der Waals surface area (Å²) < 4.78 is 38.9. The van der Waals surface area contributed by atoms with Crippen LogP contribution in [-0.2, 0) is 21.4 Å². The summed E-state index contributed by atoms with van der Waals surface area (Å²) in [7, 11) is -2.26. The van der Waals surface area contributed by atoms with Crippen LogP contribution in [0.4, 0.5) is 5.69 Å². The summed E-state index contributed by atoms with van der Waals surface area (Å²) in [4.78, 5) is 19.9. The molecule has 11 heteroatoms. The van der Waals surface area contributed by atoms with Gasteiger partial charge in [-0.3, -0.25) is 9.69 Å². The molecule has 0 spiro atoms. The fourth-order valence-corrected chi connectivity index (χ4v) is 6.91. The van der Waals surface area contributed by atoms with Gasteiger partial charge in [-0.2, -0.15) is 9.29 Å². The molecule has 2 saturated heterocycles. The standard InChI is InChI=1S/C28H35N5O5S/c1-20-7-6-8-22(17-20)27-30-26(38-31-27)19-32-15-11-21(12-16-32)28(34)29-23-9-10-24(37-2)25(18-23)39(35,36)33-13-4-3-5-14-33/h6-10,17-18,21H,3-5,11-16,19H2,1-2H3,(H,29,34). The Hall–Kier alpha value is -3.28. The van der Waals surface area contributed by atoms with Crippen molar-refractivity contribution in [2.24, 2.45) is 5.92 Å². The lowest BCUT2D eigenvalue weighted by molar-refractivity contribution is -0.121. The van der Waals surface area contributed by atoms with Crippen LogP contribution in [0, 0.1) is 12.8 Å². The van der Waals surface area contributed by atoms with E-state index in [0.29, 0.717) is 49.9 Å². The predicted octanol–water partition coefficient (Wildman–Crippen LogP) is 4.08. The number of amides is 1. The second-order valence-electron chi connectivity index (χ2n) is 10.3. The zero-order chi connectivity index (χ0) is 27.4. The maximum absolute atomic E-state index is 13.3. The second-order valence-corrected chi connectivity index (χ2v) is 12.2. The van der Waals surface area contributed by atoms with Crippen molar-refractivity contribution in [2.75, 3.05) is 38.6 Å². The molecule has 0 aliphatic carbocycles. The summed E-state index contributed by atoms with van der Waals surface area (Å²) >= 11 is 0. The molecule has 1 aromatic heterocycles. The van der Waals surface area contributed by atoms with Gasteiger partial charge in [0.1, 0.15) is 10.6 Å². The fourth-order valence-electron chi connectivity index (χ4n) is 5.21. The third-order valence-electron chi connectivity index (χ3n) is 7.43. The summed E-state index contributed by atoms with van der Waals surface area (Å²) in [6.07, 6.45) is 4.08. The zero-order valence-electron chi connectivity index (χ0n) is 22.4. The molecular weight excluding hydrogens is 518 g/mol. The van der Waals surface area contributed by atoms with Crippen LogP contribution in [0.15, 0.2) is 51.9 Å². The number of hydrogen-bond donors (Lipinski definition) is 1. The van der Waals surface area contributed by atoms with Gasteiger partial charge in [-0.1, -0.05) is 35.3 Å². The lowest BCUT2D eigenvalue weighted by atomic mass is 9.96. The van der Waals surface area contributed by atoms with E-state index >= 15 is 0 Å². The number of aryl methyl sites for hydroxylation is 1. The minimum Gasteiger partial charge on any atom is -0.495 e. The molecule has 39 heavy (non-hydrogen) atoms. The molecule has 0 saturated carbocycles. The number of anilines is 1. The van der Waals surface area contributed by atoms with Crippen molar-refractivity contribution in [3.8, 4) is 17.1 Å². The number of ether oxygens (including phenoxy) is 1. The van der Waals surface area contributed by atoms with Crippen molar-refractivity contribution < 1.29 is 22.5 Å². The molecule has 0 atom stereocenters. The first-order valence-corrected chi connectivity index (χ1v) is 14.9. The average molecular weight is 554 g/mol. The van der Waals surface area contributed by atoms with Crippen LogP contribution in [0.1, 0.15) is 43.6 Å². The molecule has 0 unspecified atom stereocenters. The highest BCUT2D eigenvalue weighted by Crippen LogP contribution is 2.32. The van der Waals surface area contributed by atoms with Crippen molar-refractivity contribution in [3.05, 3.63) is 53.9 Å². The average Bonchev–Trinajstić information content (AvgIpc) is 3.42. The van der Waals surface area contributed by atoms with Crippen LogP contribution in [0.2, 0.25) is 0 Å². The highest BCUT2D eigenvalue weighted by atomic mass is 32.2. The van der Waals surface area contributed by atoms with E-state index in [-0.39, 0.29) is 22.5 Å². The minimum absolute atomic E-state index is 0.0871. The number of nitrogens with one attached hydrogen (secondary N) is 1. The zero-order valence-corrected chi connectivity index (χ0v) is 23.2. The number of aromatic nitrogens is 2. The molecule has 10 nitrogen and oxygen atoms in total. The molecule has 5 rings (SSSR count). The normalized spacial score (nSPS) is 17.7. The van der Waals surface area contributed by atoms with Crippen molar-refractivity contribution >= 4 is 21.6 Å². The molecule has 2 aliphatic rings. The van der Waals surface area contributed by atoms with E-state index in [1.165, 1.54) is 17.5 Å². The van der Waals surface area contributed by atoms with Gasteiger partial charge in [0.2, 0.25) is 27.6 Å². The van der Waals surface area contributed by atoms with Crippen molar-refractivity contribution in [3.63, 3.8) is 0 Å². The SMILES string of the molecule is COc1ccc(NC(=O)C2CCN(Cc3nc(-c4cccc(C)c4)no3)CC2)cc1S(=O)(=O)N1CCCCC1. The van der Waals surface area contributed by atoms with Gasteiger partial charge < -0.3 is 14.6 Å². The number of piperidine rings is 2. The van der Waals surface area contributed by atoms with E-state index in [4.69, 9.17) is 9.26 Å². The Balaban J connectivity index is 1.18. The molecule has 1 amide bonds. The number of carbonyl (C=O) groups excluding carboxylic acids is 1. The second kappa shape index (κ2) is 11.8. The van der Waals surface area contributed by atoms with Gasteiger partial charge in [0.15, 0.2) is 0 Å². The van der Waals surface area contributed by atoms with Crippen LogP contribution in [0.3, 0.4) is 0 Å². The molecule has 2 fully saturated rings. The Morgan fingerprint density at radius 1 is 1.08 bits per heavy atom. The summed E-state index contributed by atoms with van der Waals surface area (Å²) in [5.41, 5.74) is 2.51. The molecule has 2 aliphatic heterocycles. The Morgan fingerprint density at radius 3 is 2.56 bits per heavy atom. The van der Waals surface area contributed by atoms with Gasteiger partial charge in [-0.05, 0) is 70.0 Å². The summed E-state index contributed by atoms with van der Waals surface area (Å²) in [6, 6.07) is 12.8. The van der Waals surface area contributed by atoms with E-state index in [0.717, 1.165) is 43.5 Å². The smallest absolute Gasteiger partial charge is 0.246 e.